The second kappa shape index (κ2) is 6.86. The van der Waals surface area contributed by atoms with Crippen molar-refractivity contribution in [3.63, 3.8) is 0 Å². The Balaban J connectivity index is 2.58. The Morgan fingerprint density at radius 2 is 2.11 bits per heavy atom. The number of halogens is 1. The van der Waals surface area contributed by atoms with E-state index in [1.807, 2.05) is 0 Å². The number of hydrogen-bond acceptors (Lipinski definition) is 4. The summed E-state index contributed by atoms with van der Waals surface area (Å²) in [6.07, 6.45) is 0.195. The van der Waals surface area contributed by atoms with E-state index in [1.54, 1.807) is 18.2 Å². The van der Waals surface area contributed by atoms with Crippen molar-refractivity contribution in [3.8, 4) is 5.75 Å². The summed E-state index contributed by atoms with van der Waals surface area (Å²) in [6, 6.07) is 4.85. The first-order chi connectivity index (χ1) is 8.52. The molecule has 0 saturated carbocycles. The zero-order valence-corrected chi connectivity index (χ0v) is 10.6. The second-order valence-electron chi connectivity index (χ2n) is 3.62. The van der Waals surface area contributed by atoms with Crippen molar-refractivity contribution >= 4 is 29.2 Å². The smallest absolute Gasteiger partial charge is 0.224 e. The molecule has 0 atom stereocenters. The minimum Gasteiger partial charge on any atom is -0.550 e. The Labute approximate surface area is 110 Å². The Hall–Kier alpha value is -1.75. The minimum atomic E-state index is -1.16. The Morgan fingerprint density at radius 1 is 1.39 bits per heavy atom. The van der Waals surface area contributed by atoms with E-state index in [4.69, 9.17) is 16.3 Å². The van der Waals surface area contributed by atoms with Gasteiger partial charge in [-0.3, -0.25) is 4.79 Å². The number of carbonyl (C=O) groups excluding carboxylic acids is 2. The lowest BCUT2D eigenvalue weighted by molar-refractivity contribution is -0.305. The number of carboxylic acid groups (broad SMARTS) is 1. The molecule has 1 aromatic carbocycles. The van der Waals surface area contributed by atoms with Crippen molar-refractivity contribution in [2.75, 3.05) is 12.4 Å². The SMILES string of the molecule is COc1ccc(Cl)cc1NC(=O)CCCC(=O)[O-]. The zero-order valence-electron chi connectivity index (χ0n) is 9.86. The van der Waals surface area contributed by atoms with Crippen LogP contribution in [-0.2, 0) is 9.59 Å². The third kappa shape index (κ3) is 4.63. The first-order valence-electron chi connectivity index (χ1n) is 5.36. The van der Waals surface area contributed by atoms with Crippen LogP contribution >= 0.6 is 11.6 Å². The molecule has 0 saturated heterocycles. The molecule has 18 heavy (non-hydrogen) atoms. The number of anilines is 1. The molecule has 0 radical (unpaired) electrons. The fraction of sp³-hybridized carbons (Fsp3) is 0.333. The van der Waals surface area contributed by atoms with E-state index in [9.17, 15) is 14.7 Å². The summed E-state index contributed by atoms with van der Waals surface area (Å²) < 4.78 is 5.07. The van der Waals surface area contributed by atoms with E-state index >= 15 is 0 Å². The van der Waals surface area contributed by atoms with Gasteiger partial charge in [0.1, 0.15) is 5.75 Å². The van der Waals surface area contributed by atoms with Crippen LogP contribution in [0.3, 0.4) is 0 Å². The number of carboxylic acids is 1. The molecule has 6 heteroatoms. The van der Waals surface area contributed by atoms with Crippen LogP contribution in [0.2, 0.25) is 5.02 Å². The minimum absolute atomic E-state index is 0.101. The molecule has 0 fully saturated rings. The van der Waals surface area contributed by atoms with E-state index in [1.165, 1.54) is 7.11 Å². The number of aliphatic carboxylic acids is 1. The molecule has 0 heterocycles. The van der Waals surface area contributed by atoms with Gasteiger partial charge in [-0.05, 0) is 31.0 Å². The van der Waals surface area contributed by atoms with Crippen molar-refractivity contribution in [1.82, 2.24) is 0 Å². The van der Waals surface area contributed by atoms with Crippen LogP contribution < -0.4 is 15.2 Å². The maximum Gasteiger partial charge on any atom is 0.224 e. The molecule has 5 nitrogen and oxygen atoms in total. The van der Waals surface area contributed by atoms with Gasteiger partial charge in [0, 0.05) is 17.4 Å². The molecule has 0 bridgehead atoms. The van der Waals surface area contributed by atoms with Gasteiger partial charge in [-0.25, -0.2) is 0 Å². The molecule has 0 aliphatic rings. The van der Waals surface area contributed by atoms with Crippen LogP contribution in [-0.4, -0.2) is 19.0 Å². The summed E-state index contributed by atoms with van der Waals surface area (Å²) in [4.78, 5) is 21.8. The number of benzene rings is 1. The predicted molar refractivity (Wildman–Crippen MR) is 65.5 cm³/mol. The van der Waals surface area contributed by atoms with Crippen LogP contribution in [0.1, 0.15) is 19.3 Å². The van der Waals surface area contributed by atoms with Gasteiger partial charge in [-0.1, -0.05) is 11.6 Å². The van der Waals surface area contributed by atoms with Crippen molar-refractivity contribution in [2.45, 2.75) is 19.3 Å². The molecular weight excluding hydrogens is 258 g/mol. The molecule has 0 aliphatic carbocycles. The molecule has 98 valence electrons. The highest BCUT2D eigenvalue weighted by Gasteiger charge is 2.08. The predicted octanol–water partition coefficient (Wildman–Crippen LogP) is 1.21. The van der Waals surface area contributed by atoms with Gasteiger partial charge < -0.3 is 20.0 Å². The lowest BCUT2D eigenvalue weighted by Gasteiger charge is -2.10. The Morgan fingerprint density at radius 3 is 2.72 bits per heavy atom. The average molecular weight is 271 g/mol. The molecular formula is C12H13ClNO4-. The average Bonchev–Trinajstić information content (AvgIpc) is 2.28. The van der Waals surface area contributed by atoms with Crippen LogP contribution in [0.15, 0.2) is 18.2 Å². The summed E-state index contributed by atoms with van der Waals surface area (Å²) in [7, 11) is 1.48. The van der Waals surface area contributed by atoms with Gasteiger partial charge in [-0.15, -0.1) is 0 Å². The first kappa shape index (κ1) is 14.3. The third-order valence-electron chi connectivity index (χ3n) is 2.22. The fourth-order valence-electron chi connectivity index (χ4n) is 1.38. The van der Waals surface area contributed by atoms with Gasteiger partial charge >= 0.3 is 0 Å². The summed E-state index contributed by atoms with van der Waals surface area (Å²) in [5.74, 6) is -0.965. The lowest BCUT2D eigenvalue weighted by atomic mass is 10.2. The second-order valence-corrected chi connectivity index (χ2v) is 4.05. The molecule has 0 aromatic heterocycles. The largest absolute Gasteiger partial charge is 0.550 e. The maximum absolute atomic E-state index is 11.6. The molecule has 1 amide bonds. The first-order valence-corrected chi connectivity index (χ1v) is 5.74. The van der Waals surface area contributed by atoms with Crippen molar-refractivity contribution in [1.29, 1.82) is 0 Å². The van der Waals surface area contributed by atoms with Crippen LogP contribution in [0.5, 0.6) is 5.75 Å². The van der Waals surface area contributed by atoms with Crippen molar-refractivity contribution < 1.29 is 19.4 Å². The van der Waals surface area contributed by atoms with E-state index < -0.39 is 5.97 Å². The lowest BCUT2D eigenvalue weighted by Crippen LogP contribution is -2.22. The quantitative estimate of drug-likeness (QED) is 0.843. The van der Waals surface area contributed by atoms with Gasteiger partial charge in [0.15, 0.2) is 0 Å². The number of carbonyl (C=O) groups is 2. The highest BCUT2D eigenvalue weighted by atomic mass is 35.5. The number of nitrogens with one attached hydrogen (secondary N) is 1. The zero-order chi connectivity index (χ0) is 13.5. The maximum atomic E-state index is 11.6. The molecule has 0 aliphatic heterocycles. The monoisotopic (exact) mass is 270 g/mol. The Kier molecular flexibility index (Phi) is 5.45. The van der Waals surface area contributed by atoms with Gasteiger partial charge in [0.05, 0.1) is 12.8 Å². The number of rotatable bonds is 6. The van der Waals surface area contributed by atoms with Gasteiger partial charge in [0.2, 0.25) is 5.91 Å². The summed E-state index contributed by atoms with van der Waals surface area (Å²) in [6.45, 7) is 0. The van der Waals surface area contributed by atoms with E-state index in [-0.39, 0.29) is 25.2 Å². The number of ether oxygens (including phenoxy) is 1. The summed E-state index contributed by atoms with van der Waals surface area (Å²) in [5.41, 5.74) is 0.462. The van der Waals surface area contributed by atoms with Gasteiger partial charge in [-0.2, -0.15) is 0 Å². The third-order valence-corrected chi connectivity index (χ3v) is 2.46. The van der Waals surface area contributed by atoms with Crippen molar-refractivity contribution in [3.05, 3.63) is 23.2 Å². The van der Waals surface area contributed by atoms with Gasteiger partial charge in [0.25, 0.3) is 0 Å². The highest BCUT2D eigenvalue weighted by Crippen LogP contribution is 2.27. The normalized spacial score (nSPS) is 9.89. The molecule has 1 rings (SSSR count). The van der Waals surface area contributed by atoms with E-state index in [2.05, 4.69) is 5.32 Å². The molecule has 0 unspecified atom stereocenters. The van der Waals surface area contributed by atoms with Crippen LogP contribution in [0.25, 0.3) is 0 Å². The fourth-order valence-corrected chi connectivity index (χ4v) is 1.56. The number of hydrogen-bond donors (Lipinski definition) is 1. The van der Waals surface area contributed by atoms with E-state index in [0.29, 0.717) is 16.5 Å². The number of amides is 1. The van der Waals surface area contributed by atoms with Crippen LogP contribution in [0.4, 0.5) is 5.69 Å². The van der Waals surface area contributed by atoms with Crippen LogP contribution in [0, 0.1) is 0 Å². The van der Waals surface area contributed by atoms with E-state index in [0.717, 1.165) is 0 Å². The summed E-state index contributed by atoms with van der Waals surface area (Å²) >= 11 is 5.81. The molecule has 0 spiro atoms. The molecule has 1 N–H and O–H groups in total. The topological polar surface area (TPSA) is 78.5 Å². The van der Waals surface area contributed by atoms with Crippen molar-refractivity contribution in [2.24, 2.45) is 0 Å². The number of methoxy groups -OCH3 is 1. The Bertz CT molecular complexity index is 448. The molecule has 1 aromatic rings. The standard InChI is InChI=1S/C12H14ClNO4/c1-18-10-6-5-8(13)7-9(10)14-11(15)3-2-4-12(16)17/h5-7H,2-4H2,1H3,(H,14,15)(H,16,17)/p-1. The summed E-state index contributed by atoms with van der Waals surface area (Å²) in [5, 5.41) is 13.3. The highest BCUT2D eigenvalue weighted by molar-refractivity contribution is 6.31.